The van der Waals surface area contributed by atoms with Gasteiger partial charge < -0.3 is 10.1 Å². The minimum Gasteiger partial charge on any atom is -0.489 e. The Morgan fingerprint density at radius 2 is 1.79 bits per heavy atom. The van der Waals surface area contributed by atoms with Crippen molar-refractivity contribution in [2.75, 3.05) is 5.32 Å². The predicted octanol–water partition coefficient (Wildman–Crippen LogP) is 7.35. The first-order valence-corrected chi connectivity index (χ1v) is 11.3. The number of halogens is 2. The number of rotatable bonds is 4. The summed E-state index contributed by atoms with van der Waals surface area (Å²) < 4.78 is 7.25. The lowest BCUT2D eigenvalue weighted by Gasteiger charge is -2.37. The molecule has 0 radical (unpaired) electrons. The zero-order chi connectivity index (χ0) is 19.8. The summed E-state index contributed by atoms with van der Waals surface area (Å²) >= 11 is 8.35. The van der Waals surface area contributed by atoms with E-state index in [2.05, 4.69) is 82.5 Å². The van der Waals surface area contributed by atoms with Gasteiger partial charge in [-0.05, 0) is 94.1 Å². The highest BCUT2D eigenvalue weighted by Crippen LogP contribution is 2.50. The molecule has 3 aromatic carbocycles. The van der Waals surface area contributed by atoms with Gasteiger partial charge in [0.2, 0.25) is 0 Å². The Hall–Kier alpha value is -1.98. The van der Waals surface area contributed by atoms with Crippen LogP contribution in [0.2, 0.25) is 5.02 Å². The van der Waals surface area contributed by atoms with E-state index >= 15 is 0 Å². The SMILES string of the molecule is Clc1ccc(COc2ccc([C@@H]3Nc4ccc(I)cc4[C@@H]4C=CC[C@@H]43)cc2)cc1. The fourth-order valence-corrected chi connectivity index (χ4v) is 5.06. The molecule has 0 saturated heterocycles. The van der Waals surface area contributed by atoms with Crippen LogP contribution in [0.3, 0.4) is 0 Å². The van der Waals surface area contributed by atoms with Crippen molar-refractivity contribution in [3.05, 3.63) is 104 Å². The van der Waals surface area contributed by atoms with Crippen LogP contribution in [0.25, 0.3) is 0 Å². The molecule has 0 spiro atoms. The number of hydrogen-bond acceptors (Lipinski definition) is 2. The highest BCUT2D eigenvalue weighted by Gasteiger charge is 2.37. The van der Waals surface area contributed by atoms with Crippen LogP contribution in [0.15, 0.2) is 78.9 Å². The molecule has 3 aromatic rings. The molecule has 1 N–H and O–H groups in total. The molecule has 2 aliphatic rings. The fourth-order valence-electron chi connectivity index (χ4n) is 4.41. The van der Waals surface area contributed by atoms with Gasteiger partial charge in [0.15, 0.2) is 0 Å². The van der Waals surface area contributed by atoms with Crippen molar-refractivity contribution >= 4 is 39.9 Å². The van der Waals surface area contributed by atoms with Crippen LogP contribution in [-0.2, 0) is 6.61 Å². The standard InChI is InChI=1S/C25H21ClINO/c26-18-8-4-16(5-9-18)15-29-20-11-6-17(7-12-20)25-22-3-1-2-21(22)23-14-19(27)10-13-24(23)28-25/h1-2,4-14,21-22,25,28H,3,15H2/t21-,22+,25+/m1/s1. The molecule has 0 unspecified atom stereocenters. The summed E-state index contributed by atoms with van der Waals surface area (Å²) in [5.74, 6) is 1.93. The first-order valence-electron chi connectivity index (χ1n) is 9.87. The molecule has 4 heteroatoms. The Balaban J connectivity index is 1.33. The van der Waals surface area contributed by atoms with Crippen LogP contribution in [-0.4, -0.2) is 0 Å². The lowest BCUT2D eigenvalue weighted by molar-refractivity contribution is 0.306. The number of anilines is 1. The maximum atomic E-state index is 5.95. The van der Waals surface area contributed by atoms with Gasteiger partial charge in [-0.2, -0.15) is 0 Å². The maximum Gasteiger partial charge on any atom is 0.119 e. The zero-order valence-corrected chi connectivity index (χ0v) is 18.7. The van der Waals surface area contributed by atoms with Crippen LogP contribution in [0.1, 0.15) is 35.1 Å². The molecule has 2 nitrogen and oxygen atoms in total. The minimum absolute atomic E-state index is 0.313. The maximum absolute atomic E-state index is 5.95. The van der Waals surface area contributed by atoms with Gasteiger partial charge in [-0.1, -0.05) is 48.0 Å². The van der Waals surface area contributed by atoms with Crippen molar-refractivity contribution in [3.8, 4) is 5.75 Å². The molecule has 146 valence electrons. The van der Waals surface area contributed by atoms with E-state index in [4.69, 9.17) is 16.3 Å². The van der Waals surface area contributed by atoms with Gasteiger partial charge in [0.05, 0.1) is 6.04 Å². The largest absolute Gasteiger partial charge is 0.489 e. The zero-order valence-electron chi connectivity index (χ0n) is 15.8. The first-order chi connectivity index (χ1) is 14.2. The van der Waals surface area contributed by atoms with Crippen molar-refractivity contribution in [2.24, 2.45) is 5.92 Å². The molecule has 0 fully saturated rings. The Labute approximate surface area is 190 Å². The summed E-state index contributed by atoms with van der Waals surface area (Å²) in [6.07, 6.45) is 5.83. The van der Waals surface area contributed by atoms with E-state index in [1.165, 1.54) is 20.4 Å². The molecule has 1 aliphatic carbocycles. The van der Waals surface area contributed by atoms with Crippen LogP contribution in [0.4, 0.5) is 5.69 Å². The van der Waals surface area contributed by atoms with E-state index in [0.717, 1.165) is 22.8 Å². The highest BCUT2D eigenvalue weighted by atomic mass is 127. The van der Waals surface area contributed by atoms with Crippen LogP contribution in [0.5, 0.6) is 5.75 Å². The van der Waals surface area contributed by atoms with Gasteiger partial charge in [0, 0.05) is 20.2 Å². The minimum atomic E-state index is 0.313. The third kappa shape index (κ3) is 3.90. The van der Waals surface area contributed by atoms with Gasteiger partial charge >= 0.3 is 0 Å². The van der Waals surface area contributed by atoms with Crippen molar-refractivity contribution in [3.63, 3.8) is 0 Å². The normalized spacial score (nSPS) is 21.9. The third-order valence-electron chi connectivity index (χ3n) is 5.88. The second-order valence-corrected chi connectivity index (χ2v) is 9.37. The van der Waals surface area contributed by atoms with Crippen molar-refractivity contribution in [1.29, 1.82) is 0 Å². The summed E-state index contributed by atoms with van der Waals surface area (Å²) in [6, 6.07) is 23.3. The van der Waals surface area contributed by atoms with E-state index in [-0.39, 0.29) is 0 Å². The average molecular weight is 514 g/mol. The van der Waals surface area contributed by atoms with Crippen LogP contribution < -0.4 is 10.1 Å². The molecular formula is C25H21ClINO. The number of allylic oxidation sites excluding steroid dienone is 2. The van der Waals surface area contributed by atoms with Gasteiger partial charge in [0.25, 0.3) is 0 Å². The molecule has 0 saturated carbocycles. The predicted molar refractivity (Wildman–Crippen MR) is 128 cm³/mol. The summed E-state index contributed by atoms with van der Waals surface area (Å²) in [7, 11) is 0. The van der Waals surface area contributed by atoms with E-state index in [1.807, 2.05) is 24.3 Å². The van der Waals surface area contributed by atoms with Crippen molar-refractivity contribution in [2.45, 2.75) is 25.0 Å². The van der Waals surface area contributed by atoms with E-state index < -0.39 is 0 Å². The second-order valence-electron chi connectivity index (χ2n) is 7.69. The lowest BCUT2D eigenvalue weighted by atomic mass is 9.77. The second kappa shape index (κ2) is 8.04. The Morgan fingerprint density at radius 1 is 1.00 bits per heavy atom. The smallest absolute Gasteiger partial charge is 0.119 e. The van der Waals surface area contributed by atoms with E-state index in [1.54, 1.807) is 0 Å². The number of hydrogen-bond donors (Lipinski definition) is 1. The fraction of sp³-hybridized carbons (Fsp3) is 0.200. The van der Waals surface area contributed by atoms with Gasteiger partial charge in [-0.15, -0.1) is 0 Å². The highest BCUT2D eigenvalue weighted by molar-refractivity contribution is 14.1. The molecule has 1 heterocycles. The van der Waals surface area contributed by atoms with Gasteiger partial charge in [-0.3, -0.25) is 0 Å². The molecular weight excluding hydrogens is 493 g/mol. The lowest BCUT2D eigenvalue weighted by Crippen LogP contribution is -2.29. The van der Waals surface area contributed by atoms with Crippen molar-refractivity contribution < 1.29 is 4.74 Å². The number of ether oxygens (including phenoxy) is 1. The summed E-state index contributed by atoms with van der Waals surface area (Å²) in [4.78, 5) is 0. The van der Waals surface area contributed by atoms with E-state index in [9.17, 15) is 0 Å². The Bertz CT molecular complexity index is 1050. The Kier molecular flexibility index (Phi) is 5.27. The summed E-state index contributed by atoms with van der Waals surface area (Å²) in [6.45, 7) is 0.540. The Morgan fingerprint density at radius 3 is 2.59 bits per heavy atom. The molecule has 5 rings (SSSR count). The summed E-state index contributed by atoms with van der Waals surface area (Å²) in [5.41, 5.74) is 5.10. The van der Waals surface area contributed by atoms with Gasteiger partial charge in [0.1, 0.15) is 12.4 Å². The average Bonchev–Trinajstić information content (AvgIpc) is 3.24. The number of fused-ring (bicyclic) bond motifs is 3. The molecule has 0 bridgehead atoms. The van der Waals surface area contributed by atoms with Gasteiger partial charge in [-0.25, -0.2) is 0 Å². The van der Waals surface area contributed by atoms with E-state index in [0.29, 0.717) is 24.5 Å². The molecule has 29 heavy (non-hydrogen) atoms. The van der Waals surface area contributed by atoms with Crippen LogP contribution >= 0.6 is 34.2 Å². The monoisotopic (exact) mass is 513 g/mol. The van der Waals surface area contributed by atoms with Crippen molar-refractivity contribution in [1.82, 2.24) is 0 Å². The third-order valence-corrected chi connectivity index (χ3v) is 6.81. The quantitative estimate of drug-likeness (QED) is 0.291. The first kappa shape index (κ1) is 19.0. The summed E-state index contributed by atoms with van der Waals surface area (Å²) in [5, 5.41) is 4.54. The molecule has 0 amide bonds. The molecule has 3 atom stereocenters. The van der Waals surface area contributed by atoms with Crippen LogP contribution in [0, 0.1) is 9.49 Å². The molecule has 1 aliphatic heterocycles. The topological polar surface area (TPSA) is 21.3 Å². The number of benzene rings is 3. The number of nitrogens with one attached hydrogen (secondary N) is 1. The molecule has 0 aromatic heterocycles.